The fraction of sp³-hybridized carbons (Fsp3) is 0.846. The van der Waals surface area contributed by atoms with E-state index in [1.165, 1.54) is 0 Å². The second kappa shape index (κ2) is 5.78. The number of aromatic nitrogens is 3. The monoisotopic (exact) mass is 319 g/mol. The molecule has 22 heavy (non-hydrogen) atoms. The number of halogens is 3. The quantitative estimate of drug-likeness (QED) is 0.863. The summed E-state index contributed by atoms with van der Waals surface area (Å²) in [5.74, 6) is 1.91. The fourth-order valence-electron chi connectivity index (χ4n) is 3.08. The minimum absolute atomic E-state index is 0.232. The van der Waals surface area contributed by atoms with Gasteiger partial charge in [0.1, 0.15) is 11.6 Å². The summed E-state index contributed by atoms with van der Waals surface area (Å²) in [5.41, 5.74) is 0. The molecule has 9 heteroatoms. The predicted octanol–water partition coefficient (Wildman–Crippen LogP) is 0.263. The van der Waals surface area contributed by atoms with Crippen molar-refractivity contribution in [1.29, 1.82) is 0 Å². The van der Waals surface area contributed by atoms with Crippen LogP contribution in [0.5, 0.6) is 0 Å². The van der Waals surface area contributed by atoms with Gasteiger partial charge in [0.2, 0.25) is 0 Å². The molecule has 3 heterocycles. The predicted molar refractivity (Wildman–Crippen MR) is 72.1 cm³/mol. The van der Waals surface area contributed by atoms with Crippen LogP contribution in [0.1, 0.15) is 18.6 Å². The zero-order valence-corrected chi connectivity index (χ0v) is 12.4. The molecule has 0 aromatic carbocycles. The number of aliphatic hydroxyl groups is 1. The van der Waals surface area contributed by atoms with E-state index >= 15 is 0 Å². The summed E-state index contributed by atoms with van der Waals surface area (Å²) in [6.45, 7) is 5.19. The van der Waals surface area contributed by atoms with Crippen LogP contribution in [0, 0.1) is 0 Å². The van der Waals surface area contributed by atoms with Crippen molar-refractivity contribution in [3.8, 4) is 0 Å². The maximum atomic E-state index is 12.3. The highest BCUT2D eigenvalue weighted by atomic mass is 19.4. The van der Waals surface area contributed by atoms with Crippen LogP contribution in [-0.2, 0) is 19.5 Å². The Hall–Kier alpha value is -1.19. The van der Waals surface area contributed by atoms with Gasteiger partial charge in [-0.15, -0.1) is 10.2 Å². The van der Waals surface area contributed by atoms with Gasteiger partial charge in [-0.1, -0.05) is 6.92 Å². The van der Waals surface area contributed by atoms with E-state index in [1.54, 1.807) is 4.90 Å². The molecule has 2 aliphatic rings. The third kappa shape index (κ3) is 2.97. The largest absolute Gasteiger partial charge is 0.415 e. The van der Waals surface area contributed by atoms with Gasteiger partial charge in [0.05, 0.1) is 6.54 Å². The molecule has 3 rings (SSSR count). The lowest BCUT2D eigenvalue weighted by molar-refractivity contribution is -0.212. The van der Waals surface area contributed by atoms with Crippen molar-refractivity contribution in [3.05, 3.63) is 11.6 Å². The molecular formula is C13H20F3N5O. The van der Waals surface area contributed by atoms with Crippen LogP contribution in [-0.4, -0.2) is 74.2 Å². The number of hydrogen-bond donors (Lipinski definition) is 1. The summed E-state index contributed by atoms with van der Waals surface area (Å²) in [6, 6.07) is 0.232. The Balaban J connectivity index is 1.50. The SMILES string of the molecule is CCc1nnc2n1CCN(C1CN(C[C@H](O)C(F)(F)F)C1)C2. The summed E-state index contributed by atoms with van der Waals surface area (Å²) >= 11 is 0. The number of likely N-dealkylation sites (tertiary alicyclic amines) is 1. The number of alkyl halides is 3. The minimum atomic E-state index is -4.54. The molecule has 0 bridgehead atoms. The first-order valence-corrected chi connectivity index (χ1v) is 7.50. The molecule has 6 nitrogen and oxygen atoms in total. The molecule has 1 N–H and O–H groups in total. The molecule has 0 aliphatic carbocycles. The van der Waals surface area contributed by atoms with E-state index in [9.17, 15) is 13.2 Å². The van der Waals surface area contributed by atoms with Crippen LogP contribution in [0.2, 0.25) is 0 Å². The van der Waals surface area contributed by atoms with Crippen molar-refractivity contribution in [3.63, 3.8) is 0 Å². The normalized spacial score (nSPS) is 22.4. The molecular weight excluding hydrogens is 299 g/mol. The van der Waals surface area contributed by atoms with Crippen molar-refractivity contribution in [2.24, 2.45) is 0 Å². The minimum Gasteiger partial charge on any atom is -0.382 e. The van der Waals surface area contributed by atoms with Gasteiger partial charge in [-0.05, 0) is 0 Å². The van der Waals surface area contributed by atoms with Crippen LogP contribution in [0.3, 0.4) is 0 Å². The molecule has 1 atom stereocenters. The third-order valence-corrected chi connectivity index (χ3v) is 4.44. The molecule has 0 radical (unpaired) electrons. The molecule has 0 saturated carbocycles. The zero-order valence-electron chi connectivity index (χ0n) is 12.4. The van der Waals surface area contributed by atoms with Gasteiger partial charge in [-0.3, -0.25) is 9.80 Å². The summed E-state index contributed by atoms with van der Waals surface area (Å²) in [4.78, 5) is 3.87. The number of β-amino-alcohol motifs (C(OH)–C–C–N with tert-alkyl or cyclic N) is 1. The lowest BCUT2D eigenvalue weighted by Gasteiger charge is -2.47. The highest BCUT2D eigenvalue weighted by Crippen LogP contribution is 2.25. The number of rotatable bonds is 4. The van der Waals surface area contributed by atoms with E-state index < -0.39 is 12.3 Å². The van der Waals surface area contributed by atoms with E-state index in [-0.39, 0.29) is 12.6 Å². The number of hydrogen-bond acceptors (Lipinski definition) is 5. The molecule has 1 aromatic heterocycles. The first kappa shape index (κ1) is 15.7. The molecule has 0 spiro atoms. The highest BCUT2D eigenvalue weighted by molar-refractivity contribution is 5.01. The summed E-state index contributed by atoms with van der Waals surface area (Å²) in [7, 11) is 0. The molecule has 1 saturated heterocycles. The molecule has 1 aromatic rings. The van der Waals surface area contributed by atoms with Crippen molar-refractivity contribution < 1.29 is 18.3 Å². The second-order valence-corrected chi connectivity index (χ2v) is 5.94. The molecule has 0 unspecified atom stereocenters. The third-order valence-electron chi connectivity index (χ3n) is 4.44. The van der Waals surface area contributed by atoms with Crippen molar-refractivity contribution in [2.75, 3.05) is 26.2 Å². The van der Waals surface area contributed by atoms with E-state index in [0.717, 1.165) is 31.2 Å². The maximum Gasteiger partial charge on any atom is 0.415 e. The average Bonchev–Trinajstić information content (AvgIpc) is 2.82. The van der Waals surface area contributed by atoms with Crippen molar-refractivity contribution in [2.45, 2.75) is 44.8 Å². The van der Waals surface area contributed by atoms with Gasteiger partial charge < -0.3 is 9.67 Å². The van der Waals surface area contributed by atoms with Gasteiger partial charge >= 0.3 is 6.18 Å². The Bertz CT molecular complexity index is 526. The number of nitrogens with zero attached hydrogens (tertiary/aromatic N) is 5. The zero-order chi connectivity index (χ0) is 15.9. The average molecular weight is 319 g/mol. The van der Waals surface area contributed by atoms with Gasteiger partial charge in [-0.25, -0.2) is 0 Å². The highest BCUT2D eigenvalue weighted by Gasteiger charge is 2.42. The second-order valence-electron chi connectivity index (χ2n) is 5.94. The van der Waals surface area contributed by atoms with Gasteiger partial charge in [0, 0.05) is 45.2 Å². The van der Waals surface area contributed by atoms with Crippen LogP contribution in [0.25, 0.3) is 0 Å². The van der Waals surface area contributed by atoms with E-state index in [4.69, 9.17) is 5.11 Å². The number of aryl methyl sites for hydroxylation is 1. The maximum absolute atomic E-state index is 12.3. The van der Waals surface area contributed by atoms with Gasteiger partial charge in [0.25, 0.3) is 0 Å². The van der Waals surface area contributed by atoms with Crippen LogP contribution < -0.4 is 0 Å². The Morgan fingerprint density at radius 1 is 1.27 bits per heavy atom. The van der Waals surface area contributed by atoms with E-state index in [0.29, 0.717) is 19.6 Å². The van der Waals surface area contributed by atoms with Gasteiger partial charge in [0.15, 0.2) is 6.10 Å². The lowest BCUT2D eigenvalue weighted by Crippen LogP contribution is -2.62. The van der Waals surface area contributed by atoms with E-state index in [1.807, 2.05) is 6.92 Å². The molecule has 124 valence electrons. The topological polar surface area (TPSA) is 57.4 Å². The standard InChI is InChI=1S/C13H20F3N5O/c1-2-11-17-18-12-8-20(3-4-21(11)12)9-5-19(6-9)7-10(22)13(14,15)16/h9-10,22H,2-8H2,1H3/t10-/m0/s1. The first-order chi connectivity index (χ1) is 10.4. The van der Waals surface area contributed by atoms with Gasteiger partial charge in [-0.2, -0.15) is 13.2 Å². The molecule has 2 aliphatic heterocycles. The molecule has 0 amide bonds. The number of aliphatic hydroxyl groups excluding tert-OH is 1. The Kier molecular flexibility index (Phi) is 4.13. The Morgan fingerprint density at radius 2 is 2.00 bits per heavy atom. The fourth-order valence-corrected chi connectivity index (χ4v) is 3.08. The molecule has 1 fully saturated rings. The van der Waals surface area contributed by atoms with Crippen LogP contribution >= 0.6 is 0 Å². The Morgan fingerprint density at radius 3 is 2.64 bits per heavy atom. The summed E-state index contributed by atoms with van der Waals surface area (Å²) in [5, 5.41) is 17.4. The summed E-state index contributed by atoms with van der Waals surface area (Å²) < 4.78 is 39.1. The van der Waals surface area contributed by atoms with Crippen molar-refractivity contribution in [1.82, 2.24) is 24.6 Å². The summed E-state index contributed by atoms with van der Waals surface area (Å²) in [6.07, 6.45) is -5.95. The first-order valence-electron chi connectivity index (χ1n) is 7.50. The van der Waals surface area contributed by atoms with E-state index in [2.05, 4.69) is 19.7 Å². The Labute approximate surface area is 126 Å². The van der Waals surface area contributed by atoms with Crippen LogP contribution in [0.4, 0.5) is 13.2 Å². The lowest BCUT2D eigenvalue weighted by atomic mass is 10.1. The number of fused-ring (bicyclic) bond motifs is 1. The van der Waals surface area contributed by atoms with Crippen LogP contribution in [0.15, 0.2) is 0 Å². The smallest absolute Gasteiger partial charge is 0.382 e. The van der Waals surface area contributed by atoms with Crippen molar-refractivity contribution >= 4 is 0 Å².